The van der Waals surface area contributed by atoms with Crippen molar-refractivity contribution >= 4 is 0 Å². The zero-order chi connectivity index (χ0) is 11.8. The van der Waals surface area contributed by atoms with E-state index in [0.29, 0.717) is 0 Å². The first-order chi connectivity index (χ1) is 8.20. The molecule has 2 unspecified atom stereocenters. The molecule has 0 N–H and O–H groups in total. The average molecular weight is 232 g/mol. The van der Waals surface area contributed by atoms with Crippen molar-refractivity contribution in [1.29, 1.82) is 0 Å². The summed E-state index contributed by atoms with van der Waals surface area (Å²) in [5.41, 5.74) is 2.09. The minimum Gasteiger partial charge on any atom is -0.306 e. The van der Waals surface area contributed by atoms with Crippen molar-refractivity contribution in [3.05, 3.63) is 23.5 Å². The monoisotopic (exact) mass is 232 g/mol. The molecule has 2 atom stereocenters. The molecule has 4 heteroatoms. The van der Waals surface area contributed by atoms with E-state index in [0.717, 1.165) is 29.8 Å². The highest BCUT2D eigenvalue weighted by molar-refractivity contribution is 5.06. The second-order valence-corrected chi connectivity index (χ2v) is 5.60. The van der Waals surface area contributed by atoms with Gasteiger partial charge in [0.25, 0.3) is 0 Å². The van der Waals surface area contributed by atoms with E-state index in [2.05, 4.69) is 33.1 Å². The Hall–Kier alpha value is -1.00. The van der Waals surface area contributed by atoms with E-state index >= 15 is 0 Å². The Kier molecular flexibility index (Phi) is 2.84. The van der Waals surface area contributed by atoms with Crippen LogP contribution in [0.25, 0.3) is 0 Å². The van der Waals surface area contributed by atoms with Gasteiger partial charge in [-0.05, 0) is 37.9 Å². The Balaban J connectivity index is 1.60. The Morgan fingerprint density at radius 1 is 1.12 bits per heavy atom. The van der Waals surface area contributed by atoms with Gasteiger partial charge in [-0.2, -0.15) is 10.2 Å². The van der Waals surface area contributed by atoms with Gasteiger partial charge in [0.15, 0.2) is 0 Å². The van der Waals surface area contributed by atoms with Crippen LogP contribution in [0.2, 0.25) is 0 Å². The minimum atomic E-state index is 0.874. The molecular weight excluding hydrogens is 212 g/mol. The van der Waals surface area contributed by atoms with Crippen molar-refractivity contribution in [3.8, 4) is 0 Å². The van der Waals surface area contributed by atoms with Crippen LogP contribution in [0, 0.1) is 18.8 Å². The fraction of sp³-hybridized carbons (Fsp3) is 0.692. The highest BCUT2D eigenvalue weighted by Gasteiger charge is 2.38. The largest absolute Gasteiger partial charge is 0.306 e. The Morgan fingerprint density at radius 3 is 2.41 bits per heavy atom. The maximum absolute atomic E-state index is 4.25. The van der Waals surface area contributed by atoms with Crippen LogP contribution in [0.15, 0.2) is 12.1 Å². The SMILES string of the molecule is Cc1ccc(CN2CC3CN(C)CC3C2)nn1. The summed E-state index contributed by atoms with van der Waals surface area (Å²) >= 11 is 0. The lowest BCUT2D eigenvalue weighted by Gasteiger charge is -2.18. The first-order valence-corrected chi connectivity index (χ1v) is 6.41. The van der Waals surface area contributed by atoms with E-state index < -0.39 is 0 Å². The van der Waals surface area contributed by atoms with Gasteiger partial charge in [0, 0.05) is 32.7 Å². The molecule has 0 spiro atoms. The fourth-order valence-electron chi connectivity index (χ4n) is 3.19. The number of fused-ring (bicyclic) bond motifs is 1. The molecule has 4 nitrogen and oxygen atoms in total. The summed E-state index contributed by atoms with van der Waals surface area (Å²) < 4.78 is 0. The highest BCUT2D eigenvalue weighted by Crippen LogP contribution is 2.30. The first kappa shape index (κ1) is 11.1. The Morgan fingerprint density at radius 2 is 1.82 bits per heavy atom. The van der Waals surface area contributed by atoms with Crippen molar-refractivity contribution in [1.82, 2.24) is 20.0 Å². The highest BCUT2D eigenvalue weighted by atomic mass is 15.2. The van der Waals surface area contributed by atoms with Crippen molar-refractivity contribution < 1.29 is 0 Å². The smallest absolute Gasteiger partial charge is 0.0771 e. The van der Waals surface area contributed by atoms with Crippen LogP contribution in [0.5, 0.6) is 0 Å². The number of likely N-dealkylation sites (tertiary alicyclic amines) is 2. The standard InChI is InChI=1S/C13H20N4/c1-10-3-4-13(15-14-10)9-17-7-11-5-16(2)6-12(11)8-17/h3-4,11-12H,5-9H2,1-2H3. The number of hydrogen-bond acceptors (Lipinski definition) is 4. The molecule has 1 aromatic heterocycles. The molecule has 0 bridgehead atoms. The van der Waals surface area contributed by atoms with E-state index in [-0.39, 0.29) is 0 Å². The number of hydrogen-bond donors (Lipinski definition) is 0. The molecule has 2 aliphatic rings. The zero-order valence-corrected chi connectivity index (χ0v) is 10.6. The Labute approximate surface area is 103 Å². The van der Waals surface area contributed by atoms with Gasteiger partial charge in [-0.25, -0.2) is 0 Å². The third kappa shape index (κ3) is 2.33. The maximum atomic E-state index is 4.25. The number of aromatic nitrogens is 2. The lowest BCUT2D eigenvalue weighted by Crippen LogP contribution is -2.26. The summed E-state index contributed by atoms with van der Waals surface area (Å²) in [6, 6.07) is 4.15. The molecule has 2 aliphatic heterocycles. The van der Waals surface area contributed by atoms with E-state index in [4.69, 9.17) is 0 Å². The van der Waals surface area contributed by atoms with Crippen molar-refractivity contribution in [3.63, 3.8) is 0 Å². The number of nitrogens with zero attached hydrogens (tertiary/aromatic N) is 4. The van der Waals surface area contributed by atoms with Gasteiger partial charge >= 0.3 is 0 Å². The lowest BCUT2D eigenvalue weighted by molar-refractivity contribution is 0.269. The normalized spacial score (nSPS) is 29.8. The maximum Gasteiger partial charge on any atom is 0.0771 e. The second kappa shape index (κ2) is 4.35. The first-order valence-electron chi connectivity index (χ1n) is 6.41. The van der Waals surface area contributed by atoms with Gasteiger partial charge in [-0.1, -0.05) is 0 Å². The van der Waals surface area contributed by atoms with Crippen molar-refractivity contribution in [2.24, 2.45) is 11.8 Å². The number of rotatable bonds is 2. The molecule has 3 heterocycles. The molecule has 2 saturated heterocycles. The van der Waals surface area contributed by atoms with Gasteiger partial charge in [0.2, 0.25) is 0 Å². The van der Waals surface area contributed by atoms with Crippen LogP contribution in [-0.4, -0.2) is 53.2 Å². The van der Waals surface area contributed by atoms with Crippen LogP contribution in [0.1, 0.15) is 11.4 Å². The third-order valence-corrected chi connectivity index (χ3v) is 3.98. The third-order valence-electron chi connectivity index (χ3n) is 3.98. The van der Waals surface area contributed by atoms with Crippen LogP contribution in [-0.2, 0) is 6.54 Å². The zero-order valence-electron chi connectivity index (χ0n) is 10.6. The molecule has 0 amide bonds. The molecule has 2 fully saturated rings. The van der Waals surface area contributed by atoms with E-state index in [9.17, 15) is 0 Å². The van der Waals surface area contributed by atoms with E-state index in [1.165, 1.54) is 26.2 Å². The Bertz CT molecular complexity index is 375. The summed E-state index contributed by atoms with van der Waals surface area (Å²) in [7, 11) is 2.23. The predicted octanol–water partition coefficient (Wildman–Crippen LogP) is 0.778. The van der Waals surface area contributed by atoms with E-state index in [1.807, 2.05) is 13.0 Å². The fourth-order valence-corrected chi connectivity index (χ4v) is 3.19. The molecule has 0 radical (unpaired) electrons. The topological polar surface area (TPSA) is 32.3 Å². The van der Waals surface area contributed by atoms with Crippen LogP contribution in [0.3, 0.4) is 0 Å². The van der Waals surface area contributed by atoms with Gasteiger partial charge in [0.1, 0.15) is 0 Å². The van der Waals surface area contributed by atoms with Gasteiger partial charge in [0.05, 0.1) is 11.4 Å². The van der Waals surface area contributed by atoms with Crippen LogP contribution < -0.4 is 0 Å². The molecule has 0 aliphatic carbocycles. The quantitative estimate of drug-likeness (QED) is 0.754. The van der Waals surface area contributed by atoms with Crippen molar-refractivity contribution in [2.45, 2.75) is 13.5 Å². The molecule has 0 aromatic carbocycles. The van der Waals surface area contributed by atoms with Gasteiger partial charge < -0.3 is 4.90 Å². The molecule has 17 heavy (non-hydrogen) atoms. The van der Waals surface area contributed by atoms with Gasteiger partial charge in [-0.15, -0.1) is 0 Å². The molecule has 0 saturated carbocycles. The number of aryl methyl sites for hydroxylation is 1. The summed E-state index contributed by atoms with van der Waals surface area (Å²) in [5.74, 6) is 1.75. The summed E-state index contributed by atoms with van der Waals surface area (Å²) in [5, 5.41) is 8.37. The second-order valence-electron chi connectivity index (χ2n) is 5.60. The minimum absolute atomic E-state index is 0.874. The van der Waals surface area contributed by atoms with Crippen LogP contribution >= 0.6 is 0 Å². The summed E-state index contributed by atoms with van der Waals surface area (Å²) in [6.45, 7) is 7.92. The summed E-state index contributed by atoms with van der Waals surface area (Å²) in [4.78, 5) is 4.99. The van der Waals surface area contributed by atoms with Crippen LogP contribution in [0.4, 0.5) is 0 Å². The molecule has 3 rings (SSSR count). The average Bonchev–Trinajstić information content (AvgIpc) is 2.78. The lowest BCUT2D eigenvalue weighted by atomic mass is 10.0. The van der Waals surface area contributed by atoms with E-state index in [1.54, 1.807) is 0 Å². The molecule has 92 valence electrons. The van der Waals surface area contributed by atoms with Crippen molar-refractivity contribution in [2.75, 3.05) is 33.2 Å². The summed E-state index contributed by atoms with van der Waals surface area (Å²) in [6.07, 6.45) is 0. The molecular formula is C13H20N4. The predicted molar refractivity (Wildman–Crippen MR) is 66.5 cm³/mol. The van der Waals surface area contributed by atoms with Gasteiger partial charge in [-0.3, -0.25) is 4.90 Å². The molecule has 1 aromatic rings.